The maximum atomic E-state index is 12.1. The molecule has 4 nitrogen and oxygen atoms in total. The lowest BCUT2D eigenvalue weighted by atomic mass is 9.97. The van der Waals surface area contributed by atoms with Crippen molar-refractivity contribution >= 4 is 35.1 Å². The smallest absolute Gasteiger partial charge is 0.327 e. The molecule has 0 heterocycles. The molecule has 0 bridgehead atoms. The molecule has 0 aromatic heterocycles. The molecule has 1 aliphatic rings. The van der Waals surface area contributed by atoms with Crippen LogP contribution in [0.4, 0.5) is 0 Å². The van der Waals surface area contributed by atoms with Crippen LogP contribution in [0.15, 0.2) is 0 Å². The van der Waals surface area contributed by atoms with Gasteiger partial charge in [0.25, 0.3) is 0 Å². The Balaban J connectivity index is 3.13. The Morgan fingerprint density at radius 3 is 1.72 bits per heavy atom. The van der Waals surface area contributed by atoms with Crippen LogP contribution >= 0.6 is 23.2 Å². The van der Waals surface area contributed by atoms with E-state index in [-0.39, 0.29) is 19.1 Å². The van der Waals surface area contributed by atoms with Gasteiger partial charge in [-0.05, 0) is 19.8 Å². The Kier molecular flexibility index (Phi) is 4.55. The van der Waals surface area contributed by atoms with E-state index in [4.69, 9.17) is 32.7 Å². The highest BCUT2D eigenvalue weighted by Crippen LogP contribution is 2.72. The largest absolute Gasteiger partial charge is 0.465 e. The van der Waals surface area contributed by atoms with Crippen LogP contribution in [0.5, 0.6) is 0 Å². The van der Waals surface area contributed by atoms with Crippen LogP contribution in [-0.4, -0.2) is 29.5 Å². The van der Waals surface area contributed by atoms with Gasteiger partial charge in [0.1, 0.15) is 4.33 Å². The second-order valence-electron chi connectivity index (χ2n) is 4.59. The van der Waals surface area contributed by atoms with Crippen molar-refractivity contribution in [1.29, 1.82) is 0 Å². The fraction of sp³-hybridized carbons (Fsp3) is 0.833. The van der Waals surface area contributed by atoms with Gasteiger partial charge in [-0.15, -0.1) is 0 Å². The molecule has 0 amide bonds. The zero-order valence-corrected chi connectivity index (χ0v) is 12.5. The number of halogens is 2. The summed E-state index contributed by atoms with van der Waals surface area (Å²) >= 11 is 12.3. The zero-order valence-electron chi connectivity index (χ0n) is 11.0. The van der Waals surface area contributed by atoms with Crippen LogP contribution in [-0.2, 0) is 19.1 Å². The van der Waals surface area contributed by atoms with E-state index in [0.29, 0.717) is 0 Å². The van der Waals surface area contributed by atoms with Crippen LogP contribution in [0.25, 0.3) is 0 Å². The molecule has 1 unspecified atom stereocenters. The molecule has 0 aromatic carbocycles. The Labute approximate surface area is 117 Å². The first-order valence-electron chi connectivity index (χ1n) is 6.00. The van der Waals surface area contributed by atoms with Crippen molar-refractivity contribution in [3.63, 3.8) is 0 Å². The summed E-state index contributed by atoms with van der Waals surface area (Å²) in [5.74, 6) is -1.93. The van der Waals surface area contributed by atoms with Gasteiger partial charge in [0, 0.05) is 5.92 Å². The van der Waals surface area contributed by atoms with E-state index < -0.39 is 27.6 Å². The Morgan fingerprint density at radius 2 is 1.50 bits per heavy atom. The highest BCUT2D eigenvalue weighted by molar-refractivity contribution is 6.55. The molecule has 0 aliphatic heterocycles. The minimum absolute atomic E-state index is 0.0335. The first-order chi connectivity index (χ1) is 8.28. The predicted molar refractivity (Wildman–Crippen MR) is 68.5 cm³/mol. The third-order valence-electron chi connectivity index (χ3n) is 3.16. The molecule has 0 radical (unpaired) electrons. The summed E-state index contributed by atoms with van der Waals surface area (Å²) < 4.78 is 8.43. The van der Waals surface area contributed by atoms with Gasteiger partial charge in [-0.1, -0.05) is 37.0 Å². The van der Waals surface area contributed by atoms with Gasteiger partial charge in [0.05, 0.1) is 13.2 Å². The minimum atomic E-state index is -1.59. The maximum absolute atomic E-state index is 12.1. The molecule has 18 heavy (non-hydrogen) atoms. The highest BCUT2D eigenvalue weighted by atomic mass is 35.5. The summed E-state index contributed by atoms with van der Waals surface area (Å²) in [6.07, 6.45) is 0. The first kappa shape index (κ1) is 15.6. The van der Waals surface area contributed by atoms with E-state index in [1.807, 2.05) is 13.8 Å². The topological polar surface area (TPSA) is 52.6 Å². The van der Waals surface area contributed by atoms with Crippen LogP contribution < -0.4 is 0 Å². The molecule has 1 aliphatic carbocycles. The summed E-state index contributed by atoms with van der Waals surface area (Å²) in [5.41, 5.74) is -1.59. The number of carbonyl (C=O) groups excluding carboxylic acids is 2. The van der Waals surface area contributed by atoms with Gasteiger partial charge < -0.3 is 9.47 Å². The number of rotatable bonds is 5. The summed E-state index contributed by atoms with van der Waals surface area (Å²) in [4.78, 5) is 24.2. The lowest BCUT2D eigenvalue weighted by molar-refractivity contribution is -0.165. The van der Waals surface area contributed by atoms with Crippen molar-refractivity contribution in [2.24, 2.45) is 17.3 Å². The van der Waals surface area contributed by atoms with Gasteiger partial charge in [-0.2, -0.15) is 0 Å². The molecule has 1 rings (SSSR count). The average Bonchev–Trinajstić information content (AvgIpc) is 2.77. The molecule has 0 saturated heterocycles. The van der Waals surface area contributed by atoms with Crippen molar-refractivity contribution < 1.29 is 19.1 Å². The number of ether oxygens (including phenoxy) is 2. The van der Waals surface area contributed by atoms with Gasteiger partial charge in [0.2, 0.25) is 5.41 Å². The molecular weight excluding hydrogens is 279 g/mol. The van der Waals surface area contributed by atoms with E-state index in [1.165, 1.54) is 0 Å². The third kappa shape index (κ3) is 1.99. The quantitative estimate of drug-likeness (QED) is 0.444. The van der Waals surface area contributed by atoms with Crippen molar-refractivity contribution in [2.45, 2.75) is 32.0 Å². The van der Waals surface area contributed by atoms with Gasteiger partial charge in [0.15, 0.2) is 0 Å². The van der Waals surface area contributed by atoms with Crippen molar-refractivity contribution in [3.05, 3.63) is 0 Å². The molecule has 0 N–H and O–H groups in total. The molecule has 1 fully saturated rings. The number of esters is 2. The summed E-state index contributed by atoms with van der Waals surface area (Å²) in [6.45, 7) is 7.35. The molecule has 6 heteroatoms. The van der Waals surface area contributed by atoms with Crippen LogP contribution in [0, 0.1) is 17.3 Å². The molecule has 0 spiro atoms. The van der Waals surface area contributed by atoms with Crippen molar-refractivity contribution in [2.75, 3.05) is 13.2 Å². The number of hydrogen-bond donors (Lipinski definition) is 0. The molecule has 104 valence electrons. The normalized spacial score (nSPS) is 23.6. The van der Waals surface area contributed by atoms with Crippen LogP contribution in [0.2, 0.25) is 0 Å². The SMILES string of the molecule is CCOC(=O)C1(C(=O)OCC)C(C(C)C)C1(Cl)Cl. The zero-order chi connectivity index (χ0) is 14.1. The number of hydrogen-bond acceptors (Lipinski definition) is 4. The van der Waals surface area contributed by atoms with E-state index in [1.54, 1.807) is 13.8 Å². The predicted octanol–water partition coefficient (Wildman–Crippen LogP) is 2.56. The fourth-order valence-corrected chi connectivity index (χ4v) is 3.71. The third-order valence-corrected chi connectivity index (χ3v) is 4.23. The van der Waals surface area contributed by atoms with E-state index in [9.17, 15) is 9.59 Å². The second-order valence-corrected chi connectivity index (χ2v) is 5.98. The van der Waals surface area contributed by atoms with Crippen LogP contribution in [0.3, 0.4) is 0 Å². The highest BCUT2D eigenvalue weighted by Gasteiger charge is 2.86. The lowest BCUT2D eigenvalue weighted by Gasteiger charge is -2.15. The van der Waals surface area contributed by atoms with Crippen molar-refractivity contribution in [3.8, 4) is 0 Å². The Hall–Kier alpha value is -0.480. The van der Waals surface area contributed by atoms with Gasteiger partial charge in [-0.3, -0.25) is 9.59 Å². The lowest BCUT2D eigenvalue weighted by Crippen LogP contribution is -2.35. The Bertz CT molecular complexity index is 334. The fourth-order valence-electron chi connectivity index (χ4n) is 2.45. The first-order valence-corrected chi connectivity index (χ1v) is 6.76. The molecule has 1 atom stereocenters. The molecular formula is C12H18Cl2O4. The molecule has 1 saturated carbocycles. The van der Waals surface area contributed by atoms with E-state index >= 15 is 0 Å². The maximum Gasteiger partial charge on any atom is 0.327 e. The summed E-state index contributed by atoms with van der Waals surface area (Å²) in [6, 6.07) is 0. The second kappa shape index (κ2) is 5.25. The minimum Gasteiger partial charge on any atom is -0.465 e. The van der Waals surface area contributed by atoms with Crippen LogP contribution in [0.1, 0.15) is 27.7 Å². The summed E-state index contributed by atoms with van der Waals surface area (Å²) in [5, 5.41) is 0. The van der Waals surface area contributed by atoms with E-state index in [0.717, 1.165) is 0 Å². The summed E-state index contributed by atoms with van der Waals surface area (Å²) in [7, 11) is 0. The monoisotopic (exact) mass is 296 g/mol. The van der Waals surface area contributed by atoms with Gasteiger partial charge >= 0.3 is 11.9 Å². The number of carbonyl (C=O) groups is 2. The van der Waals surface area contributed by atoms with Gasteiger partial charge in [-0.25, -0.2) is 0 Å². The van der Waals surface area contributed by atoms with Crippen molar-refractivity contribution in [1.82, 2.24) is 0 Å². The Morgan fingerprint density at radius 1 is 1.11 bits per heavy atom. The molecule has 0 aromatic rings. The van der Waals surface area contributed by atoms with E-state index in [2.05, 4.69) is 0 Å². The number of alkyl halides is 2. The standard InChI is InChI=1S/C12H18Cl2O4/c1-5-17-9(15)11(10(16)18-6-2)8(7(3)4)12(11,13)14/h7-8H,5-6H2,1-4H3. The average molecular weight is 297 g/mol.